The second-order valence-electron chi connectivity index (χ2n) is 2.88. The molecule has 0 bridgehead atoms. The van der Waals surface area contributed by atoms with Crippen molar-refractivity contribution in [2.45, 2.75) is 19.3 Å². The molecule has 1 aromatic rings. The van der Waals surface area contributed by atoms with Crippen LogP contribution < -0.4 is 10.5 Å². The van der Waals surface area contributed by atoms with Crippen LogP contribution in [0.2, 0.25) is 0 Å². The molecule has 3 nitrogen and oxygen atoms in total. The van der Waals surface area contributed by atoms with Crippen LogP contribution in [0.25, 0.3) is 0 Å². The normalized spacial score (nSPS) is 12.0. The molecule has 1 aromatic heterocycles. The molecule has 0 unspecified atom stereocenters. The summed E-state index contributed by atoms with van der Waals surface area (Å²) in [7, 11) is 0. The number of hydrogen-bond donors (Lipinski definition) is 1. The molecular weight excluding hydrogens is 254 g/mol. The molecule has 9 heteroatoms. The summed E-state index contributed by atoms with van der Waals surface area (Å²) in [6, 6.07) is 0.532. The SMILES string of the molecule is NCc1cc(F)nc(OC(F)(F)F)c1C(F)F. The molecule has 0 aliphatic carbocycles. The fourth-order valence-electron chi connectivity index (χ4n) is 1.14. The van der Waals surface area contributed by atoms with Gasteiger partial charge in [0, 0.05) is 6.54 Å². The standard InChI is InChI=1S/C8H6F6N2O/c9-4-1-3(2-15)5(6(10)11)7(16-4)17-8(12,13)14/h1,6H,2,15H2. The van der Waals surface area contributed by atoms with Crippen LogP contribution in [0.1, 0.15) is 17.6 Å². The zero-order valence-electron chi connectivity index (χ0n) is 8.06. The molecule has 0 saturated carbocycles. The summed E-state index contributed by atoms with van der Waals surface area (Å²) in [5.41, 5.74) is 3.37. The highest BCUT2D eigenvalue weighted by Crippen LogP contribution is 2.34. The van der Waals surface area contributed by atoms with Crippen LogP contribution >= 0.6 is 0 Å². The number of aromatic nitrogens is 1. The van der Waals surface area contributed by atoms with Crippen molar-refractivity contribution in [1.82, 2.24) is 4.98 Å². The van der Waals surface area contributed by atoms with Gasteiger partial charge in [0.2, 0.25) is 11.8 Å². The third kappa shape index (κ3) is 3.48. The maximum Gasteiger partial charge on any atom is 0.574 e. The van der Waals surface area contributed by atoms with E-state index in [1.807, 2.05) is 0 Å². The molecule has 0 fully saturated rings. The summed E-state index contributed by atoms with van der Waals surface area (Å²) < 4.78 is 76.7. The third-order valence-electron chi connectivity index (χ3n) is 1.73. The molecular formula is C8H6F6N2O. The number of nitrogens with two attached hydrogens (primary N) is 1. The lowest BCUT2D eigenvalue weighted by molar-refractivity contribution is -0.276. The number of pyridine rings is 1. The van der Waals surface area contributed by atoms with Crippen LogP contribution in [0.15, 0.2) is 6.07 Å². The van der Waals surface area contributed by atoms with Gasteiger partial charge in [0.15, 0.2) is 0 Å². The minimum absolute atomic E-state index is 0.494. The Hall–Kier alpha value is -1.51. The lowest BCUT2D eigenvalue weighted by Crippen LogP contribution is -2.20. The van der Waals surface area contributed by atoms with E-state index in [0.717, 1.165) is 0 Å². The molecule has 1 rings (SSSR count). The lowest BCUT2D eigenvalue weighted by Gasteiger charge is -2.14. The van der Waals surface area contributed by atoms with Crippen molar-refractivity contribution in [3.05, 3.63) is 23.1 Å². The molecule has 0 aliphatic heterocycles. The first kappa shape index (κ1) is 13.6. The molecule has 1 heterocycles. The predicted octanol–water partition coefficient (Wildman–Crippen LogP) is 2.52. The van der Waals surface area contributed by atoms with E-state index in [2.05, 4.69) is 9.72 Å². The van der Waals surface area contributed by atoms with Crippen molar-refractivity contribution in [2.24, 2.45) is 5.73 Å². The predicted molar refractivity (Wildman–Crippen MR) is 43.7 cm³/mol. The van der Waals surface area contributed by atoms with Gasteiger partial charge in [-0.05, 0) is 11.6 Å². The Kier molecular flexibility index (Phi) is 3.81. The quantitative estimate of drug-likeness (QED) is 0.671. The van der Waals surface area contributed by atoms with E-state index in [4.69, 9.17) is 5.73 Å². The van der Waals surface area contributed by atoms with E-state index >= 15 is 0 Å². The number of alkyl halides is 5. The first-order valence-corrected chi connectivity index (χ1v) is 4.18. The monoisotopic (exact) mass is 260 g/mol. The maximum absolute atomic E-state index is 12.8. The van der Waals surface area contributed by atoms with Crippen molar-refractivity contribution in [3.8, 4) is 5.88 Å². The van der Waals surface area contributed by atoms with Crippen LogP contribution in [0.5, 0.6) is 5.88 Å². The van der Waals surface area contributed by atoms with Crippen molar-refractivity contribution in [1.29, 1.82) is 0 Å². The van der Waals surface area contributed by atoms with E-state index in [-0.39, 0.29) is 0 Å². The Morgan fingerprint density at radius 3 is 2.35 bits per heavy atom. The van der Waals surface area contributed by atoms with Crippen LogP contribution in [-0.2, 0) is 6.54 Å². The maximum atomic E-state index is 12.8. The van der Waals surface area contributed by atoms with Gasteiger partial charge in [0.25, 0.3) is 6.43 Å². The number of nitrogens with zero attached hydrogens (tertiary/aromatic N) is 1. The minimum atomic E-state index is -5.24. The molecule has 0 saturated heterocycles. The van der Waals surface area contributed by atoms with Gasteiger partial charge < -0.3 is 10.5 Å². The number of rotatable bonds is 3. The van der Waals surface area contributed by atoms with E-state index in [9.17, 15) is 26.3 Å². The minimum Gasteiger partial charge on any atom is -0.387 e. The summed E-state index contributed by atoms with van der Waals surface area (Å²) in [6.07, 6.45) is -8.55. The van der Waals surface area contributed by atoms with Gasteiger partial charge in [-0.15, -0.1) is 13.2 Å². The number of ether oxygens (including phenoxy) is 1. The van der Waals surface area contributed by atoms with E-state index in [1.54, 1.807) is 0 Å². The molecule has 96 valence electrons. The molecule has 0 aromatic carbocycles. The van der Waals surface area contributed by atoms with Crippen LogP contribution in [0.3, 0.4) is 0 Å². The van der Waals surface area contributed by atoms with E-state index < -0.39 is 42.3 Å². The zero-order valence-corrected chi connectivity index (χ0v) is 8.06. The first-order chi connectivity index (χ1) is 7.74. The first-order valence-electron chi connectivity index (χ1n) is 4.18. The van der Waals surface area contributed by atoms with Gasteiger partial charge in [-0.3, -0.25) is 0 Å². The Balaban J connectivity index is 3.30. The molecule has 0 atom stereocenters. The summed E-state index contributed by atoms with van der Waals surface area (Å²) in [5.74, 6) is -2.90. The van der Waals surface area contributed by atoms with Crippen LogP contribution in [0.4, 0.5) is 26.3 Å². The van der Waals surface area contributed by atoms with Gasteiger partial charge in [0.1, 0.15) is 0 Å². The van der Waals surface area contributed by atoms with E-state index in [0.29, 0.717) is 6.07 Å². The molecule has 0 aliphatic rings. The number of halogens is 6. The van der Waals surface area contributed by atoms with Gasteiger partial charge in [-0.2, -0.15) is 9.37 Å². The molecule has 0 amide bonds. The van der Waals surface area contributed by atoms with Crippen molar-refractivity contribution >= 4 is 0 Å². The van der Waals surface area contributed by atoms with Gasteiger partial charge in [0.05, 0.1) is 5.56 Å². The zero-order chi connectivity index (χ0) is 13.2. The fourth-order valence-corrected chi connectivity index (χ4v) is 1.14. The second kappa shape index (κ2) is 4.78. The Morgan fingerprint density at radius 1 is 1.35 bits per heavy atom. The number of hydrogen-bond acceptors (Lipinski definition) is 3. The largest absolute Gasteiger partial charge is 0.574 e. The Morgan fingerprint density at radius 2 is 1.94 bits per heavy atom. The average Bonchev–Trinajstić information content (AvgIpc) is 2.12. The summed E-state index contributed by atoms with van der Waals surface area (Å²) in [6.45, 7) is -0.562. The molecule has 0 radical (unpaired) electrons. The highest BCUT2D eigenvalue weighted by molar-refractivity contribution is 5.36. The summed E-state index contributed by atoms with van der Waals surface area (Å²) >= 11 is 0. The Labute approximate surface area is 91.2 Å². The van der Waals surface area contributed by atoms with E-state index in [1.165, 1.54) is 0 Å². The summed E-state index contributed by atoms with van der Waals surface area (Å²) in [4.78, 5) is 2.64. The van der Waals surface area contributed by atoms with Crippen molar-refractivity contribution < 1.29 is 31.1 Å². The van der Waals surface area contributed by atoms with Gasteiger partial charge >= 0.3 is 6.36 Å². The topological polar surface area (TPSA) is 48.1 Å². The second-order valence-corrected chi connectivity index (χ2v) is 2.88. The smallest absolute Gasteiger partial charge is 0.387 e. The van der Waals surface area contributed by atoms with Crippen molar-refractivity contribution in [3.63, 3.8) is 0 Å². The third-order valence-corrected chi connectivity index (χ3v) is 1.73. The average molecular weight is 260 g/mol. The summed E-state index contributed by atoms with van der Waals surface area (Å²) in [5, 5.41) is 0. The van der Waals surface area contributed by atoms with Gasteiger partial charge in [-0.1, -0.05) is 0 Å². The fraction of sp³-hybridized carbons (Fsp3) is 0.375. The van der Waals surface area contributed by atoms with Crippen LogP contribution in [0, 0.1) is 5.95 Å². The highest BCUT2D eigenvalue weighted by atomic mass is 19.4. The van der Waals surface area contributed by atoms with Crippen LogP contribution in [-0.4, -0.2) is 11.3 Å². The Bertz CT molecular complexity index is 406. The lowest BCUT2D eigenvalue weighted by atomic mass is 10.1. The molecule has 17 heavy (non-hydrogen) atoms. The van der Waals surface area contributed by atoms with Gasteiger partial charge in [-0.25, -0.2) is 8.78 Å². The molecule has 2 N–H and O–H groups in total. The highest BCUT2D eigenvalue weighted by Gasteiger charge is 2.35. The molecule has 0 spiro atoms. The van der Waals surface area contributed by atoms with Crippen molar-refractivity contribution in [2.75, 3.05) is 0 Å².